The molecule has 4 rings (SSSR count). The molecule has 0 unspecified atom stereocenters. The van der Waals surface area contributed by atoms with Crippen LogP contribution in [0.2, 0.25) is 5.02 Å². The standard InChI is InChI=1S/C22H26ClN5O4S/c1-14-11-15(23)12-17-19(14)26-22(33-17)28(6-4-5-27-7-9-32-10-8-27)20(29)16-13-18(30-2)25-21(24-16)31-3/h11-13H,4-10H2,1-3H3. The zero-order chi connectivity index (χ0) is 23.4. The van der Waals surface area contributed by atoms with E-state index in [1.807, 2.05) is 19.1 Å². The first-order valence-corrected chi connectivity index (χ1v) is 11.8. The molecule has 1 aromatic carbocycles. The van der Waals surface area contributed by atoms with Crippen molar-refractivity contribution in [3.8, 4) is 11.9 Å². The van der Waals surface area contributed by atoms with E-state index in [0.29, 0.717) is 16.7 Å². The summed E-state index contributed by atoms with van der Waals surface area (Å²) in [5.74, 6) is -0.0378. The first kappa shape index (κ1) is 23.6. The van der Waals surface area contributed by atoms with Gasteiger partial charge in [-0.2, -0.15) is 9.97 Å². The number of amides is 1. The Morgan fingerprint density at radius 2 is 1.97 bits per heavy atom. The highest BCUT2D eigenvalue weighted by atomic mass is 35.5. The first-order chi connectivity index (χ1) is 16.0. The van der Waals surface area contributed by atoms with Crippen LogP contribution in [0, 0.1) is 6.92 Å². The van der Waals surface area contributed by atoms with Crippen LogP contribution >= 0.6 is 22.9 Å². The fourth-order valence-corrected chi connectivity index (χ4v) is 5.11. The molecule has 9 nitrogen and oxygen atoms in total. The summed E-state index contributed by atoms with van der Waals surface area (Å²) in [4.78, 5) is 30.8. The molecule has 176 valence electrons. The van der Waals surface area contributed by atoms with Gasteiger partial charge in [-0.1, -0.05) is 22.9 Å². The summed E-state index contributed by atoms with van der Waals surface area (Å²) in [6, 6.07) is 5.32. The highest BCUT2D eigenvalue weighted by molar-refractivity contribution is 7.22. The van der Waals surface area contributed by atoms with Gasteiger partial charge < -0.3 is 14.2 Å². The second kappa shape index (κ2) is 10.6. The van der Waals surface area contributed by atoms with E-state index < -0.39 is 0 Å². The molecule has 0 radical (unpaired) electrons. The van der Waals surface area contributed by atoms with E-state index in [9.17, 15) is 4.79 Å². The number of anilines is 1. The van der Waals surface area contributed by atoms with Crippen molar-refractivity contribution in [1.29, 1.82) is 0 Å². The van der Waals surface area contributed by atoms with Gasteiger partial charge in [0.25, 0.3) is 5.91 Å². The number of aryl methyl sites for hydroxylation is 1. The number of carbonyl (C=O) groups excluding carboxylic acids is 1. The summed E-state index contributed by atoms with van der Waals surface area (Å²) in [6.45, 7) is 6.57. The van der Waals surface area contributed by atoms with Crippen LogP contribution in [-0.2, 0) is 4.74 Å². The predicted octanol–water partition coefficient (Wildman–Crippen LogP) is 3.43. The Morgan fingerprint density at radius 1 is 1.18 bits per heavy atom. The van der Waals surface area contributed by atoms with E-state index in [1.54, 1.807) is 4.90 Å². The molecule has 0 N–H and O–H groups in total. The lowest BCUT2D eigenvalue weighted by molar-refractivity contribution is 0.0376. The zero-order valence-electron chi connectivity index (χ0n) is 18.8. The predicted molar refractivity (Wildman–Crippen MR) is 128 cm³/mol. The number of fused-ring (bicyclic) bond motifs is 1. The van der Waals surface area contributed by atoms with E-state index in [4.69, 9.17) is 30.8 Å². The molecule has 1 aliphatic rings. The van der Waals surface area contributed by atoms with Crippen molar-refractivity contribution in [2.75, 3.05) is 58.5 Å². The minimum Gasteiger partial charge on any atom is -0.481 e. The quantitative estimate of drug-likeness (QED) is 0.473. The van der Waals surface area contributed by atoms with Gasteiger partial charge in [-0.25, -0.2) is 4.98 Å². The molecule has 11 heteroatoms. The molecule has 0 spiro atoms. The smallest absolute Gasteiger partial charge is 0.320 e. The molecular weight excluding hydrogens is 466 g/mol. The van der Waals surface area contributed by atoms with Gasteiger partial charge in [-0.15, -0.1) is 0 Å². The van der Waals surface area contributed by atoms with E-state index in [-0.39, 0.29) is 23.5 Å². The van der Waals surface area contributed by atoms with Crippen LogP contribution in [0.15, 0.2) is 18.2 Å². The van der Waals surface area contributed by atoms with Gasteiger partial charge in [0.05, 0.1) is 37.6 Å². The average Bonchev–Trinajstić information content (AvgIpc) is 3.25. The number of ether oxygens (including phenoxy) is 3. The summed E-state index contributed by atoms with van der Waals surface area (Å²) in [5.41, 5.74) is 1.98. The normalized spacial score (nSPS) is 14.4. The number of thiazole rings is 1. The number of hydrogen-bond acceptors (Lipinski definition) is 9. The van der Waals surface area contributed by atoms with Crippen LogP contribution in [-0.4, -0.2) is 79.4 Å². The van der Waals surface area contributed by atoms with Crippen molar-refractivity contribution in [3.63, 3.8) is 0 Å². The highest BCUT2D eigenvalue weighted by Gasteiger charge is 2.25. The van der Waals surface area contributed by atoms with E-state index >= 15 is 0 Å². The largest absolute Gasteiger partial charge is 0.481 e. The highest BCUT2D eigenvalue weighted by Crippen LogP contribution is 2.34. The van der Waals surface area contributed by atoms with E-state index in [0.717, 1.165) is 55.0 Å². The zero-order valence-corrected chi connectivity index (χ0v) is 20.4. The maximum atomic E-state index is 13.6. The topological polar surface area (TPSA) is 89.9 Å². The second-order valence-electron chi connectivity index (χ2n) is 7.61. The lowest BCUT2D eigenvalue weighted by Crippen LogP contribution is -2.39. The molecule has 0 saturated carbocycles. The molecule has 3 heterocycles. The van der Waals surface area contributed by atoms with Gasteiger partial charge >= 0.3 is 6.01 Å². The number of aromatic nitrogens is 3. The van der Waals surface area contributed by atoms with Crippen LogP contribution in [0.1, 0.15) is 22.5 Å². The van der Waals surface area contributed by atoms with Crippen LogP contribution in [0.25, 0.3) is 10.2 Å². The number of nitrogens with zero attached hydrogens (tertiary/aromatic N) is 5. The van der Waals surface area contributed by atoms with Gasteiger partial charge in [0.15, 0.2) is 5.13 Å². The molecular formula is C22H26ClN5O4S. The Labute approximate surface area is 201 Å². The maximum absolute atomic E-state index is 13.6. The summed E-state index contributed by atoms with van der Waals surface area (Å²) in [7, 11) is 2.93. The van der Waals surface area contributed by atoms with Crippen molar-refractivity contribution in [2.24, 2.45) is 0 Å². The minimum absolute atomic E-state index is 0.0675. The van der Waals surface area contributed by atoms with Gasteiger partial charge in [0, 0.05) is 37.3 Å². The second-order valence-corrected chi connectivity index (χ2v) is 9.06. The number of hydrogen-bond donors (Lipinski definition) is 0. The summed E-state index contributed by atoms with van der Waals surface area (Å²) in [5, 5.41) is 1.24. The van der Waals surface area contributed by atoms with E-state index in [2.05, 4.69) is 14.9 Å². The van der Waals surface area contributed by atoms with Gasteiger partial charge in [0.2, 0.25) is 5.88 Å². The van der Waals surface area contributed by atoms with Crippen LogP contribution in [0.5, 0.6) is 11.9 Å². The Bertz CT molecular complexity index is 1110. The fraction of sp³-hybridized carbons (Fsp3) is 0.455. The number of benzene rings is 1. The van der Waals surface area contributed by atoms with Gasteiger partial charge in [-0.05, 0) is 31.0 Å². The molecule has 33 heavy (non-hydrogen) atoms. The number of rotatable bonds is 8. The summed E-state index contributed by atoms with van der Waals surface area (Å²) < 4.78 is 16.7. The Balaban J connectivity index is 1.65. The van der Waals surface area contributed by atoms with Crippen LogP contribution < -0.4 is 14.4 Å². The molecule has 1 fully saturated rings. The number of morpholine rings is 1. The SMILES string of the molecule is COc1cc(C(=O)N(CCCN2CCOCC2)c2nc3c(C)cc(Cl)cc3s2)nc(OC)n1. The minimum atomic E-state index is -0.293. The molecule has 2 aromatic heterocycles. The molecule has 3 aromatic rings. The molecule has 1 aliphatic heterocycles. The third kappa shape index (κ3) is 5.52. The first-order valence-electron chi connectivity index (χ1n) is 10.6. The maximum Gasteiger partial charge on any atom is 0.320 e. The monoisotopic (exact) mass is 491 g/mol. The van der Waals surface area contributed by atoms with Crippen molar-refractivity contribution < 1.29 is 19.0 Å². The Kier molecular flexibility index (Phi) is 7.59. The summed E-state index contributed by atoms with van der Waals surface area (Å²) in [6.07, 6.45) is 0.779. The fourth-order valence-electron chi connectivity index (χ4n) is 3.67. The lowest BCUT2D eigenvalue weighted by atomic mass is 10.2. The molecule has 1 saturated heterocycles. The van der Waals surface area contributed by atoms with Crippen LogP contribution in [0.4, 0.5) is 5.13 Å². The van der Waals surface area contributed by atoms with Crippen molar-refractivity contribution in [1.82, 2.24) is 19.9 Å². The average molecular weight is 492 g/mol. The van der Waals surface area contributed by atoms with Crippen molar-refractivity contribution in [3.05, 3.63) is 34.5 Å². The van der Waals surface area contributed by atoms with Gasteiger partial charge in [0.1, 0.15) is 5.69 Å². The number of methoxy groups -OCH3 is 2. The molecule has 0 aliphatic carbocycles. The van der Waals surface area contributed by atoms with Crippen molar-refractivity contribution >= 4 is 44.2 Å². The lowest BCUT2D eigenvalue weighted by Gasteiger charge is -2.27. The summed E-state index contributed by atoms with van der Waals surface area (Å²) >= 11 is 7.68. The van der Waals surface area contributed by atoms with E-state index in [1.165, 1.54) is 31.6 Å². The van der Waals surface area contributed by atoms with Gasteiger partial charge in [-0.3, -0.25) is 14.6 Å². The third-order valence-corrected chi connectivity index (χ3v) is 6.61. The molecule has 0 bridgehead atoms. The third-order valence-electron chi connectivity index (χ3n) is 5.37. The van der Waals surface area contributed by atoms with Crippen LogP contribution in [0.3, 0.4) is 0 Å². The number of carbonyl (C=O) groups is 1. The Hall–Kier alpha value is -2.53. The van der Waals surface area contributed by atoms with Crippen molar-refractivity contribution in [2.45, 2.75) is 13.3 Å². The number of halogens is 1. The molecule has 0 atom stereocenters. The Morgan fingerprint density at radius 3 is 2.70 bits per heavy atom. The molecule has 1 amide bonds.